The number of pyridine rings is 1. The van der Waals surface area contributed by atoms with E-state index >= 15 is 0 Å². The van der Waals surface area contributed by atoms with Crippen LogP contribution in [-0.2, 0) is 9.53 Å². The number of benzene rings is 1. The highest BCUT2D eigenvalue weighted by atomic mass is 35.5. The molecular formula is C18H17Cl2N3O2. The highest BCUT2D eigenvalue weighted by Gasteiger charge is 2.52. The van der Waals surface area contributed by atoms with E-state index in [0.717, 1.165) is 18.4 Å². The van der Waals surface area contributed by atoms with E-state index in [9.17, 15) is 4.79 Å². The molecule has 0 spiro atoms. The van der Waals surface area contributed by atoms with Gasteiger partial charge in [0, 0.05) is 17.8 Å². The minimum absolute atomic E-state index is 0.0189. The summed E-state index contributed by atoms with van der Waals surface area (Å²) in [7, 11) is 0. The summed E-state index contributed by atoms with van der Waals surface area (Å²) < 4.78 is 6.02. The first kappa shape index (κ1) is 16.6. The molecule has 2 aliphatic rings. The van der Waals surface area contributed by atoms with Crippen LogP contribution in [0.25, 0.3) is 0 Å². The van der Waals surface area contributed by atoms with Crippen molar-refractivity contribution in [3.63, 3.8) is 0 Å². The zero-order valence-corrected chi connectivity index (χ0v) is 14.8. The Morgan fingerprint density at radius 3 is 2.68 bits per heavy atom. The van der Waals surface area contributed by atoms with E-state index in [2.05, 4.69) is 10.3 Å². The van der Waals surface area contributed by atoms with Gasteiger partial charge in [-0.3, -0.25) is 4.79 Å². The summed E-state index contributed by atoms with van der Waals surface area (Å²) in [6, 6.07) is 8.74. The van der Waals surface area contributed by atoms with Crippen LogP contribution in [0.15, 0.2) is 36.5 Å². The summed E-state index contributed by atoms with van der Waals surface area (Å²) in [5, 5.41) is 3.80. The molecule has 2 bridgehead atoms. The van der Waals surface area contributed by atoms with Crippen molar-refractivity contribution in [3.8, 4) is 0 Å². The number of nitrogens with one attached hydrogen (secondary N) is 1. The molecule has 4 rings (SSSR count). The average molecular weight is 378 g/mol. The van der Waals surface area contributed by atoms with E-state index in [-0.39, 0.29) is 30.0 Å². The van der Waals surface area contributed by atoms with Gasteiger partial charge < -0.3 is 15.8 Å². The number of ether oxygens (including phenoxy) is 1. The zero-order chi connectivity index (χ0) is 17.6. The van der Waals surface area contributed by atoms with Gasteiger partial charge >= 0.3 is 0 Å². The fourth-order valence-electron chi connectivity index (χ4n) is 3.85. The standard InChI is InChI=1S/C18H17Cl2N3O2/c19-11-3-2-10(7-12(11)20)23-18(24)17-14-5-4-13(25-14)16(17)9-1-6-15(21)22-8-9/h1-3,6-8,13-14,16-17H,4-5H2,(H2,21,22)(H,23,24)/t13-,14+,16-,17+/m0/s1. The lowest BCUT2D eigenvalue weighted by molar-refractivity contribution is -0.121. The largest absolute Gasteiger partial charge is 0.384 e. The fourth-order valence-corrected chi connectivity index (χ4v) is 4.15. The van der Waals surface area contributed by atoms with Crippen molar-refractivity contribution in [2.45, 2.75) is 31.0 Å². The number of anilines is 2. The highest BCUT2D eigenvalue weighted by molar-refractivity contribution is 6.42. The van der Waals surface area contributed by atoms with Crippen molar-refractivity contribution in [2.75, 3.05) is 11.1 Å². The van der Waals surface area contributed by atoms with Crippen LogP contribution in [0.1, 0.15) is 24.3 Å². The monoisotopic (exact) mass is 377 g/mol. The molecule has 2 fully saturated rings. The third-order valence-electron chi connectivity index (χ3n) is 4.96. The molecule has 0 radical (unpaired) electrons. The first-order valence-electron chi connectivity index (χ1n) is 8.16. The molecule has 5 nitrogen and oxygen atoms in total. The van der Waals surface area contributed by atoms with Gasteiger partial charge in [0.25, 0.3) is 0 Å². The van der Waals surface area contributed by atoms with Crippen LogP contribution in [0, 0.1) is 5.92 Å². The third kappa shape index (κ3) is 3.08. The van der Waals surface area contributed by atoms with Gasteiger partial charge in [0.15, 0.2) is 0 Å². The van der Waals surface area contributed by atoms with Crippen LogP contribution in [0.2, 0.25) is 10.0 Å². The Kier molecular flexibility index (Phi) is 4.31. The van der Waals surface area contributed by atoms with E-state index < -0.39 is 0 Å². The van der Waals surface area contributed by atoms with Gasteiger partial charge in [0.2, 0.25) is 5.91 Å². The van der Waals surface area contributed by atoms with Crippen molar-refractivity contribution in [1.82, 2.24) is 4.98 Å². The third-order valence-corrected chi connectivity index (χ3v) is 5.70. The van der Waals surface area contributed by atoms with Gasteiger partial charge in [-0.25, -0.2) is 4.98 Å². The van der Waals surface area contributed by atoms with Crippen molar-refractivity contribution in [2.24, 2.45) is 5.92 Å². The van der Waals surface area contributed by atoms with Crippen LogP contribution in [-0.4, -0.2) is 23.1 Å². The first-order valence-corrected chi connectivity index (χ1v) is 8.91. The van der Waals surface area contributed by atoms with Gasteiger partial charge in [0.05, 0.1) is 28.2 Å². The Morgan fingerprint density at radius 2 is 1.96 bits per heavy atom. The summed E-state index contributed by atoms with van der Waals surface area (Å²) in [6.45, 7) is 0. The molecule has 130 valence electrons. The maximum Gasteiger partial charge on any atom is 0.230 e. The number of nitrogens with two attached hydrogens (primary N) is 1. The van der Waals surface area contributed by atoms with Crippen LogP contribution >= 0.6 is 23.2 Å². The van der Waals surface area contributed by atoms with E-state index in [0.29, 0.717) is 21.6 Å². The quantitative estimate of drug-likeness (QED) is 0.850. The fraction of sp³-hybridized carbons (Fsp3) is 0.333. The predicted octanol–water partition coefficient (Wildman–Crippen LogP) is 3.87. The maximum absolute atomic E-state index is 12.9. The number of hydrogen-bond acceptors (Lipinski definition) is 4. The lowest BCUT2D eigenvalue weighted by Crippen LogP contribution is -2.36. The number of amides is 1. The number of aromatic nitrogens is 1. The molecule has 0 aliphatic carbocycles. The van der Waals surface area contributed by atoms with Crippen LogP contribution in [0.4, 0.5) is 11.5 Å². The maximum atomic E-state index is 12.9. The number of halogens is 2. The zero-order valence-electron chi connectivity index (χ0n) is 13.3. The molecule has 0 unspecified atom stereocenters. The van der Waals surface area contributed by atoms with Crippen LogP contribution in [0.3, 0.4) is 0 Å². The molecular weight excluding hydrogens is 361 g/mol. The van der Waals surface area contributed by atoms with Crippen molar-refractivity contribution >= 4 is 40.6 Å². The topological polar surface area (TPSA) is 77.2 Å². The summed E-state index contributed by atoms with van der Waals surface area (Å²) >= 11 is 12.0. The Hall–Kier alpha value is -1.82. The molecule has 1 aromatic heterocycles. The lowest BCUT2D eigenvalue weighted by atomic mass is 9.75. The molecule has 1 amide bonds. The number of nitrogens with zero attached hydrogens (tertiary/aromatic N) is 1. The van der Waals surface area contributed by atoms with Crippen molar-refractivity contribution < 1.29 is 9.53 Å². The molecule has 2 saturated heterocycles. The SMILES string of the molecule is Nc1ccc([C@@H]2[C@H](C(=O)Nc3ccc(Cl)c(Cl)c3)[C@H]3CC[C@@H]2O3)cn1. The number of nitrogen functional groups attached to an aromatic ring is 1. The van der Waals surface area contributed by atoms with E-state index in [1.165, 1.54) is 0 Å². The Morgan fingerprint density at radius 1 is 1.16 bits per heavy atom. The van der Waals surface area contributed by atoms with Gasteiger partial charge in [-0.05, 0) is 42.7 Å². The Bertz CT molecular complexity index is 812. The molecule has 3 N–H and O–H groups in total. The van der Waals surface area contributed by atoms with Crippen LogP contribution < -0.4 is 11.1 Å². The molecule has 25 heavy (non-hydrogen) atoms. The molecule has 1 aromatic carbocycles. The number of carbonyl (C=O) groups excluding carboxylic acids is 1. The Balaban J connectivity index is 1.59. The number of fused-ring (bicyclic) bond motifs is 2. The van der Waals surface area contributed by atoms with Gasteiger partial charge in [-0.2, -0.15) is 0 Å². The highest BCUT2D eigenvalue weighted by Crippen LogP contribution is 2.49. The summed E-state index contributed by atoms with van der Waals surface area (Å²) in [5.74, 6) is 0.102. The minimum atomic E-state index is -0.265. The molecule has 7 heteroatoms. The summed E-state index contributed by atoms with van der Waals surface area (Å²) in [6.07, 6.45) is 3.55. The van der Waals surface area contributed by atoms with E-state index in [1.54, 1.807) is 30.5 Å². The molecule has 0 saturated carbocycles. The predicted molar refractivity (Wildman–Crippen MR) is 97.9 cm³/mol. The summed E-state index contributed by atoms with van der Waals surface area (Å²) in [5.41, 5.74) is 7.28. The smallest absolute Gasteiger partial charge is 0.230 e. The number of carbonyl (C=O) groups is 1. The molecule has 2 aliphatic heterocycles. The van der Waals surface area contributed by atoms with Gasteiger partial charge in [-0.15, -0.1) is 0 Å². The van der Waals surface area contributed by atoms with Gasteiger partial charge in [0.1, 0.15) is 5.82 Å². The van der Waals surface area contributed by atoms with Gasteiger partial charge in [-0.1, -0.05) is 29.3 Å². The van der Waals surface area contributed by atoms with E-state index in [1.807, 2.05) is 6.07 Å². The van der Waals surface area contributed by atoms with Crippen molar-refractivity contribution in [3.05, 3.63) is 52.1 Å². The Labute approximate surface area is 155 Å². The number of hydrogen-bond donors (Lipinski definition) is 2. The normalized spacial score (nSPS) is 27.4. The minimum Gasteiger partial charge on any atom is -0.384 e. The van der Waals surface area contributed by atoms with E-state index in [4.69, 9.17) is 33.7 Å². The molecule has 3 heterocycles. The van der Waals surface area contributed by atoms with Crippen LogP contribution in [0.5, 0.6) is 0 Å². The second-order valence-corrected chi connectivity index (χ2v) is 7.29. The number of rotatable bonds is 3. The first-order chi connectivity index (χ1) is 12.0. The average Bonchev–Trinajstić information content (AvgIpc) is 3.20. The molecule has 4 atom stereocenters. The second kappa shape index (κ2) is 6.48. The molecule has 2 aromatic rings. The lowest BCUT2D eigenvalue weighted by Gasteiger charge is -2.27. The second-order valence-electron chi connectivity index (χ2n) is 6.48. The summed E-state index contributed by atoms with van der Waals surface area (Å²) in [4.78, 5) is 17.1. The van der Waals surface area contributed by atoms with Crippen molar-refractivity contribution in [1.29, 1.82) is 0 Å².